The van der Waals surface area contributed by atoms with E-state index in [0.29, 0.717) is 6.54 Å². The van der Waals surface area contributed by atoms with E-state index in [1.54, 1.807) is 11.3 Å². The summed E-state index contributed by atoms with van der Waals surface area (Å²) in [6.07, 6.45) is 0.0370. The predicted octanol–water partition coefficient (Wildman–Crippen LogP) is 2.87. The lowest BCUT2D eigenvalue weighted by Gasteiger charge is -2.26. The fourth-order valence-corrected chi connectivity index (χ4v) is 2.32. The normalized spacial score (nSPS) is 14.4. The summed E-state index contributed by atoms with van der Waals surface area (Å²) in [6, 6.07) is 2.11. The third-order valence-corrected chi connectivity index (χ3v) is 3.01. The summed E-state index contributed by atoms with van der Waals surface area (Å²) in [5.74, 6) is 0. The first-order valence-electron chi connectivity index (χ1n) is 4.86. The van der Waals surface area contributed by atoms with Crippen LogP contribution in [0.25, 0.3) is 0 Å². The number of aryl methyl sites for hydroxylation is 1. The zero-order chi connectivity index (χ0) is 10.8. The monoisotopic (exact) mass is 213 g/mol. The van der Waals surface area contributed by atoms with Crippen LogP contribution in [0.5, 0.6) is 0 Å². The molecular weight excluding hydrogens is 194 g/mol. The molecule has 14 heavy (non-hydrogen) atoms. The van der Waals surface area contributed by atoms with Gasteiger partial charge in [0.15, 0.2) is 0 Å². The molecule has 0 saturated heterocycles. The van der Waals surface area contributed by atoms with Crippen LogP contribution in [0.3, 0.4) is 0 Å². The Hall–Kier alpha value is -0.380. The standard InChI is InChI=1S/C11H19NOS/c1-8-5-6-14-10(8)9(7-12)13-11(2,3)4/h5-6,9H,7,12H2,1-4H3. The Morgan fingerprint density at radius 1 is 1.50 bits per heavy atom. The predicted molar refractivity (Wildman–Crippen MR) is 61.7 cm³/mol. The molecule has 80 valence electrons. The number of hydrogen-bond acceptors (Lipinski definition) is 3. The number of ether oxygens (including phenoxy) is 1. The lowest BCUT2D eigenvalue weighted by Crippen LogP contribution is -2.26. The first-order chi connectivity index (χ1) is 6.44. The van der Waals surface area contributed by atoms with Crippen LogP contribution >= 0.6 is 11.3 Å². The highest BCUT2D eigenvalue weighted by Gasteiger charge is 2.21. The molecule has 0 fully saturated rings. The van der Waals surface area contributed by atoms with Gasteiger partial charge in [-0.25, -0.2) is 0 Å². The molecule has 0 aliphatic heterocycles. The van der Waals surface area contributed by atoms with Crippen LogP contribution in [0, 0.1) is 6.92 Å². The van der Waals surface area contributed by atoms with E-state index in [1.165, 1.54) is 10.4 Å². The number of hydrogen-bond donors (Lipinski definition) is 1. The van der Waals surface area contributed by atoms with Crippen molar-refractivity contribution in [1.82, 2.24) is 0 Å². The van der Waals surface area contributed by atoms with Gasteiger partial charge in [-0.15, -0.1) is 11.3 Å². The summed E-state index contributed by atoms with van der Waals surface area (Å²) in [6.45, 7) is 8.80. The lowest BCUT2D eigenvalue weighted by molar-refractivity contribution is -0.0559. The fourth-order valence-electron chi connectivity index (χ4n) is 1.35. The van der Waals surface area contributed by atoms with Crippen LogP contribution in [0.15, 0.2) is 11.4 Å². The topological polar surface area (TPSA) is 35.2 Å². The Bertz CT molecular complexity index is 288. The highest BCUT2D eigenvalue weighted by Crippen LogP contribution is 2.29. The first-order valence-corrected chi connectivity index (χ1v) is 5.74. The molecule has 2 nitrogen and oxygen atoms in total. The summed E-state index contributed by atoms with van der Waals surface area (Å²) in [5.41, 5.74) is 6.86. The molecule has 0 aliphatic rings. The molecular formula is C11H19NOS. The van der Waals surface area contributed by atoms with Crippen LogP contribution in [0.1, 0.15) is 37.3 Å². The van der Waals surface area contributed by atoms with Gasteiger partial charge in [0.2, 0.25) is 0 Å². The van der Waals surface area contributed by atoms with Gasteiger partial charge in [-0.3, -0.25) is 0 Å². The molecule has 1 rings (SSSR count). The number of nitrogens with two attached hydrogens (primary N) is 1. The molecule has 0 bridgehead atoms. The Labute approximate surface area is 90.1 Å². The van der Waals surface area contributed by atoms with Gasteiger partial charge >= 0.3 is 0 Å². The zero-order valence-corrected chi connectivity index (χ0v) is 10.1. The third kappa shape index (κ3) is 3.08. The van der Waals surface area contributed by atoms with Gasteiger partial charge in [0, 0.05) is 11.4 Å². The minimum absolute atomic E-state index is 0.0370. The second-order valence-electron chi connectivity index (χ2n) is 4.42. The van der Waals surface area contributed by atoms with E-state index in [0.717, 1.165) is 0 Å². The Morgan fingerprint density at radius 2 is 2.14 bits per heavy atom. The van der Waals surface area contributed by atoms with E-state index >= 15 is 0 Å². The average molecular weight is 213 g/mol. The van der Waals surface area contributed by atoms with Crippen molar-refractivity contribution >= 4 is 11.3 Å². The zero-order valence-electron chi connectivity index (χ0n) is 9.33. The van der Waals surface area contributed by atoms with E-state index in [9.17, 15) is 0 Å². The summed E-state index contributed by atoms with van der Waals surface area (Å²) >= 11 is 1.72. The first kappa shape index (κ1) is 11.7. The second-order valence-corrected chi connectivity index (χ2v) is 5.37. The van der Waals surface area contributed by atoms with Crippen molar-refractivity contribution in [2.24, 2.45) is 5.73 Å². The van der Waals surface area contributed by atoms with Crippen molar-refractivity contribution in [2.75, 3.05) is 6.54 Å². The smallest absolute Gasteiger partial charge is 0.105 e. The summed E-state index contributed by atoms with van der Waals surface area (Å²) in [4.78, 5) is 1.25. The Morgan fingerprint density at radius 3 is 2.50 bits per heavy atom. The van der Waals surface area contributed by atoms with E-state index in [1.807, 2.05) is 0 Å². The molecule has 0 amide bonds. The van der Waals surface area contributed by atoms with Crippen LogP contribution in [-0.2, 0) is 4.74 Å². The molecule has 0 aromatic carbocycles. The maximum Gasteiger partial charge on any atom is 0.105 e. The molecule has 1 unspecified atom stereocenters. The SMILES string of the molecule is Cc1ccsc1C(CN)OC(C)(C)C. The second kappa shape index (κ2) is 4.43. The molecule has 0 aliphatic carbocycles. The van der Waals surface area contributed by atoms with Gasteiger partial charge in [0.1, 0.15) is 6.10 Å². The van der Waals surface area contributed by atoms with Gasteiger partial charge in [-0.2, -0.15) is 0 Å². The third-order valence-electron chi connectivity index (χ3n) is 1.90. The summed E-state index contributed by atoms with van der Waals surface area (Å²) < 4.78 is 5.90. The van der Waals surface area contributed by atoms with Crippen molar-refractivity contribution in [3.05, 3.63) is 21.9 Å². The molecule has 1 atom stereocenters. The highest BCUT2D eigenvalue weighted by molar-refractivity contribution is 7.10. The molecule has 0 radical (unpaired) electrons. The van der Waals surface area contributed by atoms with Crippen molar-refractivity contribution in [1.29, 1.82) is 0 Å². The molecule has 0 saturated carbocycles. The van der Waals surface area contributed by atoms with E-state index in [4.69, 9.17) is 10.5 Å². The van der Waals surface area contributed by atoms with Crippen molar-refractivity contribution in [2.45, 2.75) is 39.4 Å². The molecule has 1 heterocycles. The van der Waals surface area contributed by atoms with Gasteiger partial charge < -0.3 is 10.5 Å². The van der Waals surface area contributed by atoms with Gasteiger partial charge in [-0.05, 0) is 44.7 Å². The van der Waals surface area contributed by atoms with Gasteiger partial charge in [0.25, 0.3) is 0 Å². The van der Waals surface area contributed by atoms with Crippen molar-refractivity contribution < 1.29 is 4.74 Å². The lowest BCUT2D eigenvalue weighted by atomic mass is 10.1. The number of thiophene rings is 1. The molecule has 1 aromatic heterocycles. The highest BCUT2D eigenvalue weighted by atomic mass is 32.1. The minimum atomic E-state index is -0.138. The van der Waals surface area contributed by atoms with Crippen LogP contribution in [0.4, 0.5) is 0 Å². The largest absolute Gasteiger partial charge is 0.366 e. The molecule has 0 spiro atoms. The van der Waals surface area contributed by atoms with Crippen LogP contribution < -0.4 is 5.73 Å². The van der Waals surface area contributed by atoms with Crippen LogP contribution in [-0.4, -0.2) is 12.1 Å². The van der Waals surface area contributed by atoms with E-state index in [2.05, 4.69) is 39.1 Å². The van der Waals surface area contributed by atoms with Gasteiger partial charge in [0.05, 0.1) is 5.60 Å². The fraction of sp³-hybridized carbons (Fsp3) is 0.636. The average Bonchev–Trinajstić information content (AvgIpc) is 2.45. The van der Waals surface area contributed by atoms with Crippen molar-refractivity contribution in [3.63, 3.8) is 0 Å². The Kier molecular flexibility index (Phi) is 3.70. The van der Waals surface area contributed by atoms with E-state index < -0.39 is 0 Å². The summed E-state index contributed by atoms with van der Waals surface area (Å²) in [7, 11) is 0. The van der Waals surface area contributed by atoms with Crippen molar-refractivity contribution in [3.8, 4) is 0 Å². The molecule has 2 N–H and O–H groups in total. The number of rotatable bonds is 3. The minimum Gasteiger partial charge on any atom is -0.366 e. The molecule has 3 heteroatoms. The quantitative estimate of drug-likeness (QED) is 0.838. The van der Waals surface area contributed by atoms with Gasteiger partial charge in [-0.1, -0.05) is 0 Å². The maximum absolute atomic E-state index is 5.90. The molecule has 1 aromatic rings. The summed E-state index contributed by atoms with van der Waals surface area (Å²) in [5, 5.41) is 2.08. The van der Waals surface area contributed by atoms with E-state index in [-0.39, 0.29) is 11.7 Å². The maximum atomic E-state index is 5.90. The van der Waals surface area contributed by atoms with Crippen LogP contribution in [0.2, 0.25) is 0 Å². The Balaban J connectivity index is 2.78.